The average Bonchev–Trinajstić information content (AvgIpc) is 3.39. The van der Waals surface area contributed by atoms with E-state index in [-0.39, 0.29) is 47.8 Å². The van der Waals surface area contributed by atoms with Crippen molar-refractivity contribution in [3.8, 4) is 0 Å². The number of hydrogen-bond acceptors (Lipinski definition) is 10. The lowest BCUT2D eigenvalue weighted by molar-refractivity contribution is -0.149. The van der Waals surface area contributed by atoms with E-state index in [2.05, 4.69) is 15.5 Å². The third kappa shape index (κ3) is 7.16. The average molecular weight is 561 g/mol. The Kier molecular flexibility index (Phi) is 9.30. The third-order valence-corrected chi connectivity index (χ3v) is 9.86. The predicted molar refractivity (Wildman–Crippen MR) is 143 cm³/mol. The highest BCUT2D eigenvalue weighted by Crippen LogP contribution is 2.28. The van der Waals surface area contributed by atoms with Crippen molar-refractivity contribution in [2.75, 3.05) is 31.6 Å². The topological polar surface area (TPSA) is 119 Å². The second-order valence-corrected chi connectivity index (χ2v) is 12.5. The van der Waals surface area contributed by atoms with E-state index in [0.29, 0.717) is 24.6 Å². The number of Topliss-reactive ketones (excluding diaryl/α,β-unsaturated/α-hetero) is 1. The fraction of sp³-hybridized carbons (Fsp3) is 0.360. The second-order valence-electron chi connectivity index (χ2n) is 8.38. The van der Waals surface area contributed by atoms with Gasteiger partial charge < -0.3 is 10.1 Å². The molecule has 1 N–H and O–H groups in total. The van der Waals surface area contributed by atoms with Gasteiger partial charge in [0.05, 0.1) is 24.0 Å². The number of benzene rings is 2. The molecular weight excluding hydrogens is 532 g/mol. The van der Waals surface area contributed by atoms with Crippen molar-refractivity contribution in [1.82, 2.24) is 14.5 Å². The van der Waals surface area contributed by atoms with Crippen LogP contribution in [0.2, 0.25) is 0 Å². The van der Waals surface area contributed by atoms with E-state index >= 15 is 0 Å². The van der Waals surface area contributed by atoms with E-state index in [0.717, 1.165) is 10.1 Å². The first-order chi connectivity index (χ1) is 17.9. The Bertz CT molecular complexity index is 1320. The van der Waals surface area contributed by atoms with Gasteiger partial charge in [0.1, 0.15) is 0 Å². The van der Waals surface area contributed by atoms with Crippen LogP contribution in [-0.4, -0.2) is 60.9 Å². The highest BCUT2D eigenvalue weighted by Gasteiger charge is 2.33. The summed E-state index contributed by atoms with van der Waals surface area (Å²) in [5, 5.41) is 11.8. The molecule has 0 unspecified atom stereocenters. The van der Waals surface area contributed by atoms with Gasteiger partial charge in [0.2, 0.25) is 15.2 Å². The molecule has 1 aliphatic heterocycles. The molecule has 2 aromatic carbocycles. The van der Waals surface area contributed by atoms with Gasteiger partial charge in [-0.2, -0.15) is 4.31 Å². The minimum absolute atomic E-state index is 0.0353. The van der Waals surface area contributed by atoms with Gasteiger partial charge in [0.25, 0.3) is 0 Å². The molecule has 3 aromatic rings. The second kappa shape index (κ2) is 12.6. The van der Waals surface area contributed by atoms with Gasteiger partial charge in [-0.05, 0) is 37.5 Å². The summed E-state index contributed by atoms with van der Waals surface area (Å²) in [5.41, 5.74) is 1.48. The number of sulfonamides is 1. The van der Waals surface area contributed by atoms with E-state index < -0.39 is 10.0 Å². The Labute approximate surface area is 224 Å². The number of thioether (sulfide) groups is 1. The molecule has 12 heteroatoms. The van der Waals surface area contributed by atoms with Crippen LogP contribution < -0.4 is 5.32 Å². The molecule has 0 radical (unpaired) electrons. The molecule has 9 nitrogen and oxygen atoms in total. The Morgan fingerprint density at radius 3 is 2.59 bits per heavy atom. The number of piperidine rings is 1. The molecule has 0 aliphatic carbocycles. The molecular formula is C25H28N4O5S3. The quantitative estimate of drug-likeness (QED) is 0.210. The molecule has 2 heterocycles. The van der Waals surface area contributed by atoms with Crippen LogP contribution in [0.3, 0.4) is 0 Å². The largest absolute Gasteiger partial charge is 0.466 e. The van der Waals surface area contributed by atoms with E-state index in [1.54, 1.807) is 30.8 Å². The number of rotatable bonds is 11. The van der Waals surface area contributed by atoms with Crippen LogP contribution in [0.15, 0.2) is 63.8 Å². The van der Waals surface area contributed by atoms with Crippen LogP contribution in [0.1, 0.15) is 35.7 Å². The number of hydrogen-bond donors (Lipinski definition) is 1. The van der Waals surface area contributed by atoms with Crippen molar-refractivity contribution in [3.63, 3.8) is 0 Å². The van der Waals surface area contributed by atoms with Gasteiger partial charge in [-0.15, -0.1) is 10.2 Å². The van der Waals surface area contributed by atoms with Gasteiger partial charge in [0.15, 0.2) is 10.1 Å². The van der Waals surface area contributed by atoms with Crippen molar-refractivity contribution in [1.29, 1.82) is 0 Å². The van der Waals surface area contributed by atoms with Crippen LogP contribution in [-0.2, 0) is 25.3 Å². The summed E-state index contributed by atoms with van der Waals surface area (Å²) in [6.45, 7) is 2.48. The first-order valence-corrected chi connectivity index (χ1v) is 15.1. The van der Waals surface area contributed by atoms with Crippen molar-refractivity contribution in [2.45, 2.75) is 34.8 Å². The zero-order valence-electron chi connectivity index (χ0n) is 20.3. The van der Waals surface area contributed by atoms with Crippen molar-refractivity contribution >= 4 is 50.0 Å². The summed E-state index contributed by atoms with van der Waals surface area (Å²) in [6.07, 6.45) is 0.822. The van der Waals surface area contributed by atoms with Crippen LogP contribution in [0.5, 0.6) is 0 Å². The van der Waals surface area contributed by atoms with Gasteiger partial charge >= 0.3 is 5.97 Å². The summed E-state index contributed by atoms with van der Waals surface area (Å²) in [5.74, 6) is -0.0531. The zero-order chi connectivity index (χ0) is 26.3. The summed E-state index contributed by atoms with van der Waals surface area (Å²) < 4.78 is 33.6. The number of nitrogens with zero attached hydrogens (tertiary/aromatic N) is 3. The number of ketones is 1. The lowest BCUT2D eigenvalue weighted by Crippen LogP contribution is -2.40. The highest BCUT2D eigenvalue weighted by molar-refractivity contribution is 8.00. The highest BCUT2D eigenvalue weighted by atomic mass is 32.2. The molecule has 1 aromatic heterocycles. The molecule has 0 bridgehead atoms. The van der Waals surface area contributed by atoms with Crippen LogP contribution in [0.25, 0.3) is 0 Å². The molecule has 37 heavy (non-hydrogen) atoms. The molecule has 1 saturated heterocycles. The van der Waals surface area contributed by atoms with Crippen LogP contribution in [0, 0.1) is 5.92 Å². The third-order valence-electron chi connectivity index (χ3n) is 5.88. The summed E-state index contributed by atoms with van der Waals surface area (Å²) >= 11 is 2.93. The van der Waals surface area contributed by atoms with Crippen LogP contribution in [0.4, 0.5) is 5.13 Å². The summed E-state index contributed by atoms with van der Waals surface area (Å²) in [6, 6.07) is 16.1. The number of nitrogens with one attached hydrogen (secondary N) is 1. The molecule has 0 spiro atoms. The van der Waals surface area contributed by atoms with Crippen molar-refractivity contribution < 1.29 is 22.7 Å². The maximum atomic E-state index is 13.2. The molecule has 4 rings (SSSR count). The zero-order valence-corrected chi connectivity index (χ0v) is 22.8. The normalized spacial score (nSPS) is 14.8. The predicted octanol–water partition coefficient (Wildman–Crippen LogP) is 4.09. The minimum atomic E-state index is -3.79. The Hall–Kier alpha value is -2.80. The van der Waals surface area contributed by atoms with Gasteiger partial charge in [-0.25, -0.2) is 8.42 Å². The smallest absolute Gasteiger partial charge is 0.309 e. The van der Waals surface area contributed by atoms with E-state index in [9.17, 15) is 18.0 Å². The number of anilines is 1. The minimum Gasteiger partial charge on any atom is -0.466 e. The van der Waals surface area contributed by atoms with Crippen LogP contribution >= 0.6 is 23.1 Å². The number of carbonyl (C=O) groups is 2. The van der Waals surface area contributed by atoms with Gasteiger partial charge in [0, 0.05) is 24.4 Å². The molecule has 1 fully saturated rings. The molecule has 0 saturated carbocycles. The van der Waals surface area contributed by atoms with Crippen molar-refractivity contribution in [2.24, 2.45) is 5.92 Å². The fourth-order valence-electron chi connectivity index (χ4n) is 3.89. The molecule has 0 amide bonds. The molecule has 1 aliphatic rings. The number of ether oxygens (including phenoxy) is 1. The fourth-order valence-corrected chi connectivity index (χ4v) is 7.11. The lowest BCUT2D eigenvalue weighted by atomic mass is 9.98. The number of carbonyl (C=O) groups excluding carboxylic acids is 2. The molecule has 196 valence electrons. The van der Waals surface area contributed by atoms with Gasteiger partial charge in [-0.1, -0.05) is 65.6 Å². The lowest BCUT2D eigenvalue weighted by Gasteiger charge is -2.30. The summed E-state index contributed by atoms with van der Waals surface area (Å²) in [7, 11) is -3.79. The number of aromatic nitrogens is 2. The van der Waals surface area contributed by atoms with Crippen molar-refractivity contribution in [3.05, 3.63) is 65.7 Å². The SMILES string of the molecule is CCOC(=O)C1CCN(S(=O)(=O)c2cccc(C(=O)CNc3nnc(SCc4ccccc4)s3)c2)CC1. The van der Waals surface area contributed by atoms with Gasteiger partial charge in [-0.3, -0.25) is 9.59 Å². The maximum Gasteiger partial charge on any atom is 0.309 e. The Balaban J connectivity index is 1.32. The Morgan fingerprint density at radius 2 is 1.86 bits per heavy atom. The maximum absolute atomic E-state index is 13.2. The monoisotopic (exact) mass is 560 g/mol. The first kappa shape index (κ1) is 27.2. The standard InChI is InChI=1S/C25H28N4O5S3/c1-2-34-23(31)19-11-13-29(14-12-19)37(32,33)21-10-6-9-20(15-21)22(30)16-26-24-27-28-25(36-24)35-17-18-7-4-3-5-8-18/h3-10,15,19H,2,11-14,16-17H2,1H3,(H,26,27). The van der Waals surface area contributed by atoms with E-state index in [1.165, 1.54) is 33.3 Å². The number of esters is 1. The molecule has 0 atom stereocenters. The Morgan fingerprint density at radius 1 is 1.11 bits per heavy atom. The first-order valence-electron chi connectivity index (χ1n) is 11.9. The van der Waals surface area contributed by atoms with E-state index in [1.807, 2.05) is 30.3 Å². The van der Waals surface area contributed by atoms with E-state index in [4.69, 9.17) is 4.74 Å². The summed E-state index contributed by atoms with van der Waals surface area (Å²) in [4.78, 5) is 24.8.